The molecule has 0 aliphatic rings. The van der Waals surface area contributed by atoms with Gasteiger partial charge in [0.05, 0.1) is 4.92 Å². The van der Waals surface area contributed by atoms with E-state index in [4.69, 9.17) is 0 Å². The highest BCUT2D eigenvalue weighted by Gasteiger charge is 2.17. The molecule has 1 aromatic heterocycles. The van der Waals surface area contributed by atoms with Crippen LogP contribution in [0.3, 0.4) is 0 Å². The molecule has 0 amide bonds. The van der Waals surface area contributed by atoms with Crippen molar-refractivity contribution in [2.75, 3.05) is 10.6 Å². The Labute approximate surface area is 125 Å². The lowest BCUT2D eigenvalue weighted by Gasteiger charge is -2.12. The SMILES string of the molecule is CC(C)Nc1ccc([N+](=O)[O-])c(Nc2ccc(F)c(F)c2)n1. The number of benzene rings is 1. The molecular weight excluding hydrogens is 294 g/mol. The zero-order valence-electron chi connectivity index (χ0n) is 11.9. The van der Waals surface area contributed by atoms with Crippen molar-refractivity contribution in [3.05, 3.63) is 52.1 Å². The van der Waals surface area contributed by atoms with Crippen LogP contribution in [0.2, 0.25) is 0 Å². The maximum absolute atomic E-state index is 13.2. The van der Waals surface area contributed by atoms with Gasteiger partial charge in [0, 0.05) is 23.9 Å². The first-order valence-corrected chi connectivity index (χ1v) is 6.51. The lowest BCUT2D eigenvalue weighted by Crippen LogP contribution is -2.12. The maximum atomic E-state index is 13.2. The number of nitrogens with zero attached hydrogens (tertiary/aromatic N) is 2. The number of nitro groups is 1. The molecule has 8 heteroatoms. The van der Waals surface area contributed by atoms with Crippen molar-refractivity contribution in [3.8, 4) is 0 Å². The smallest absolute Gasteiger partial charge is 0.311 e. The lowest BCUT2D eigenvalue weighted by atomic mass is 10.3. The standard InChI is InChI=1S/C14H14F2N4O2/c1-8(2)17-13-6-5-12(20(21)22)14(19-13)18-9-3-4-10(15)11(16)7-9/h3-8H,1-2H3,(H2,17,18,19). The lowest BCUT2D eigenvalue weighted by molar-refractivity contribution is -0.384. The van der Waals surface area contributed by atoms with E-state index in [-0.39, 0.29) is 23.2 Å². The topological polar surface area (TPSA) is 80.1 Å². The quantitative estimate of drug-likeness (QED) is 0.648. The van der Waals surface area contributed by atoms with Crippen LogP contribution in [0.15, 0.2) is 30.3 Å². The van der Waals surface area contributed by atoms with Crippen molar-refractivity contribution >= 4 is 23.0 Å². The Morgan fingerprint density at radius 3 is 2.50 bits per heavy atom. The van der Waals surface area contributed by atoms with Crippen LogP contribution in [0.5, 0.6) is 0 Å². The molecule has 0 spiro atoms. The number of nitrogens with one attached hydrogen (secondary N) is 2. The average Bonchev–Trinajstić information content (AvgIpc) is 2.42. The highest BCUT2D eigenvalue weighted by atomic mass is 19.2. The molecule has 1 heterocycles. The molecule has 2 rings (SSSR count). The van der Waals surface area contributed by atoms with Crippen LogP contribution in [-0.2, 0) is 0 Å². The number of pyridine rings is 1. The Hall–Kier alpha value is -2.77. The van der Waals surface area contributed by atoms with Crippen molar-refractivity contribution in [1.82, 2.24) is 4.98 Å². The number of hydrogen-bond donors (Lipinski definition) is 2. The number of anilines is 3. The number of halogens is 2. The van der Waals surface area contributed by atoms with Gasteiger partial charge in [0.1, 0.15) is 5.82 Å². The molecule has 22 heavy (non-hydrogen) atoms. The first-order chi connectivity index (χ1) is 10.4. The second kappa shape index (κ2) is 6.33. The average molecular weight is 308 g/mol. The molecule has 2 aromatic rings. The largest absolute Gasteiger partial charge is 0.368 e. The highest BCUT2D eigenvalue weighted by Crippen LogP contribution is 2.28. The van der Waals surface area contributed by atoms with Crippen LogP contribution in [-0.4, -0.2) is 15.9 Å². The van der Waals surface area contributed by atoms with E-state index in [0.29, 0.717) is 5.82 Å². The normalized spacial score (nSPS) is 10.6. The summed E-state index contributed by atoms with van der Waals surface area (Å²) in [6, 6.07) is 5.97. The molecule has 0 fully saturated rings. The molecule has 0 saturated carbocycles. The molecular formula is C14H14F2N4O2. The van der Waals surface area contributed by atoms with Crippen LogP contribution in [0.4, 0.5) is 31.8 Å². The molecule has 0 aliphatic heterocycles. The fraction of sp³-hybridized carbons (Fsp3) is 0.214. The van der Waals surface area contributed by atoms with Gasteiger partial charge < -0.3 is 10.6 Å². The third kappa shape index (κ3) is 3.66. The van der Waals surface area contributed by atoms with Gasteiger partial charge in [0.15, 0.2) is 11.6 Å². The Balaban J connectivity index is 2.37. The fourth-order valence-corrected chi connectivity index (χ4v) is 1.78. The Morgan fingerprint density at radius 2 is 1.91 bits per heavy atom. The van der Waals surface area contributed by atoms with Crippen molar-refractivity contribution in [3.63, 3.8) is 0 Å². The molecule has 0 saturated heterocycles. The third-order valence-electron chi connectivity index (χ3n) is 2.69. The van der Waals surface area contributed by atoms with E-state index < -0.39 is 16.6 Å². The summed E-state index contributed by atoms with van der Waals surface area (Å²) in [5.41, 5.74) is -0.102. The van der Waals surface area contributed by atoms with Crippen LogP contribution in [0.25, 0.3) is 0 Å². The van der Waals surface area contributed by atoms with E-state index >= 15 is 0 Å². The van der Waals surface area contributed by atoms with Crippen LogP contribution < -0.4 is 10.6 Å². The van der Waals surface area contributed by atoms with Gasteiger partial charge >= 0.3 is 5.69 Å². The molecule has 0 radical (unpaired) electrons. The zero-order valence-corrected chi connectivity index (χ0v) is 11.9. The molecule has 116 valence electrons. The third-order valence-corrected chi connectivity index (χ3v) is 2.69. The Morgan fingerprint density at radius 1 is 1.18 bits per heavy atom. The summed E-state index contributed by atoms with van der Waals surface area (Å²) in [7, 11) is 0. The fourth-order valence-electron chi connectivity index (χ4n) is 1.78. The molecule has 0 aliphatic carbocycles. The monoisotopic (exact) mass is 308 g/mol. The van der Waals surface area contributed by atoms with E-state index in [0.717, 1.165) is 12.1 Å². The minimum atomic E-state index is -1.05. The number of rotatable bonds is 5. The number of hydrogen-bond acceptors (Lipinski definition) is 5. The summed E-state index contributed by atoms with van der Waals surface area (Å²) >= 11 is 0. The summed E-state index contributed by atoms with van der Waals surface area (Å²) in [5.74, 6) is -1.67. The van der Waals surface area contributed by atoms with Gasteiger partial charge in [-0.05, 0) is 32.0 Å². The van der Waals surface area contributed by atoms with Gasteiger partial charge in [-0.15, -0.1) is 0 Å². The van der Waals surface area contributed by atoms with E-state index in [1.807, 2.05) is 13.8 Å². The summed E-state index contributed by atoms with van der Waals surface area (Å²) in [5, 5.41) is 16.7. The first-order valence-electron chi connectivity index (χ1n) is 6.51. The van der Waals surface area contributed by atoms with Gasteiger partial charge in [-0.2, -0.15) is 0 Å². The predicted octanol–water partition coefficient (Wildman–Crippen LogP) is 3.83. The Bertz CT molecular complexity index is 707. The molecule has 1 aromatic carbocycles. The maximum Gasteiger partial charge on any atom is 0.311 e. The second-order valence-electron chi connectivity index (χ2n) is 4.87. The summed E-state index contributed by atoms with van der Waals surface area (Å²) < 4.78 is 26.1. The number of aromatic nitrogens is 1. The van der Waals surface area contributed by atoms with E-state index in [1.165, 1.54) is 18.2 Å². The van der Waals surface area contributed by atoms with Crippen LogP contribution in [0.1, 0.15) is 13.8 Å². The van der Waals surface area contributed by atoms with Gasteiger partial charge in [-0.1, -0.05) is 0 Å². The predicted molar refractivity (Wildman–Crippen MR) is 79.3 cm³/mol. The van der Waals surface area contributed by atoms with Gasteiger partial charge in [-0.25, -0.2) is 13.8 Å². The van der Waals surface area contributed by atoms with Gasteiger partial charge in [-0.3, -0.25) is 10.1 Å². The van der Waals surface area contributed by atoms with Crippen molar-refractivity contribution in [1.29, 1.82) is 0 Å². The molecule has 0 unspecified atom stereocenters. The zero-order chi connectivity index (χ0) is 16.3. The molecule has 6 nitrogen and oxygen atoms in total. The summed E-state index contributed by atoms with van der Waals surface area (Å²) in [6.07, 6.45) is 0. The second-order valence-corrected chi connectivity index (χ2v) is 4.87. The van der Waals surface area contributed by atoms with E-state index in [2.05, 4.69) is 15.6 Å². The van der Waals surface area contributed by atoms with Crippen molar-refractivity contribution in [2.45, 2.75) is 19.9 Å². The van der Waals surface area contributed by atoms with Crippen molar-refractivity contribution < 1.29 is 13.7 Å². The minimum absolute atomic E-state index is 0.0540. The van der Waals surface area contributed by atoms with E-state index in [9.17, 15) is 18.9 Å². The van der Waals surface area contributed by atoms with Gasteiger partial charge in [0.25, 0.3) is 0 Å². The molecule has 2 N–H and O–H groups in total. The molecule has 0 atom stereocenters. The summed E-state index contributed by atoms with van der Waals surface area (Å²) in [6.45, 7) is 3.79. The van der Waals surface area contributed by atoms with E-state index in [1.54, 1.807) is 0 Å². The van der Waals surface area contributed by atoms with Crippen LogP contribution in [0, 0.1) is 21.7 Å². The van der Waals surface area contributed by atoms with Crippen LogP contribution >= 0.6 is 0 Å². The Kier molecular flexibility index (Phi) is 4.50. The minimum Gasteiger partial charge on any atom is -0.368 e. The molecule has 0 bridgehead atoms. The first kappa shape index (κ1) is 15.6. The highest BCUT2D eigenvalue weighted by molar-refractivity contribution is 5.67. The van der Waals surface area contributed by atoms with Gasteiger partial charge in [0.2, 0.25) is 5.82 Å². The van der Waals surface area contributed by atoms with Crippen molar-refractivity contribution in [2.24, 2.45) is 0 Å². The summed E-state index contributed by atoms with van der Waals surface area (Å²) in [4.78, 5) is 14.5.